The van der Waals surface area contributed by atoms with Crippen LogP contribution in [0.1, 0.15) is 28.5 Å². The molecule has 0 amide bonds. The maximum Gasteiger partial charge on any atom is 0.167 e. The summed E-state index contributed by atoms with van der Waals surface area (Å²) in [5.41, 5.74) is 4.01. The van der Waals surface area contributed by atoms with E-state index < -0.39 is 24.0 Å². The van der Waals surface area contributed by atoms with Crippen LogP contribution in [0.4, 0.5) is 0 Å². The maximum absolute atomic E-state index is 7.14. The molecule has 4 aromatic carbocycles. The number of rotatable bonds is 15. The number of fused-ring (bicyclic) bond motifs is 1. The van der Waals surface area contributed by atoms with Gasteiger partial charge in [-0.1, -0.05) is 133 Å². The van der Waals surface area contributed by atoms with Crippen molar-refractivity contribution in [1.29, 1.82) is 0 Å². The summed E-state index contributed by atoms with van der Waals surface area (Å²) < 4.78 is 35.6. The highest BCUT2D eigenvalue weighted by atomic mass is 35.5. The van der Waals surface area contributed by atoms with E-state index in [1.165, 1.54) is 6.33 Å². The number of ether oxygens (including phenoxy) is 5. The monoisotopic (exact) mass is 676 g/mol. The topological polar surface area (TPSA) is 89.8 Å². The van der Waals surface area contributed by atoms with Crippen LogP contribution in [0.5, 0.6) is 0 Å². The van der Waals surface area contributed by atoms with Crippen LogP contribution in [0.3, 0.4) is 0 Å². The van der Waals surface area contributed by atoms with Gasteiger partial charge in [-0.15, -0.1) is 0 Å². The molecule has 0 N–H and O–H groups in total. The molecule has 0 bridgehead atoms. The third kappa shape index (κ3) is 7.89. The Morgan fingerprint density at radius 1 is 0.612 bits per heavy atom. The first-order valence-corrected chi connectivity index (χ1v) is 16.6. The molecule has 0 radical (unpaired) electrons. The van der Waals surface area contributed by atoms with E-state index in [4.69, 9.17) is 35.3 Å². The molecule has 0 spiro atoms. The molecule has 6 aromatic rings. The number of nitrogens with zero attached hydrogens (tertiary/aromatic N) is 4. The normalized spacial score (nSPS) is 18.6. The van der Waals surface area contributed by atoms with Gasteiger partial charge in [0.15, 0.2) is 17.0 Å². The Bertz CT molecular complexity index is 1850. The van der Waals surface area contributed by atoms with Crippen molar-refractivity contribution in [3.8, 4) is 0 Å². The molecule has 250 valence electrons. The van der Waals surface area contributed by atoms with Gasteiger partial charge in [-0.05, 0) is 22.3 Å². The smallest absolute Gasteiger partial charge is 0.167 e. The van der Waals surface area contributed by atoms with E-state index in [1.54, 1.807) is 6.33 Å². The highest BCUT2D eigenvalue weighted by Gasteiger charge is 2.58. The van der Waals surface area contributed by atoms with Crippen LogP contribution in [0.2, 0.25) is 5.15 Å². The molecule has 1 aliphatic heterocycles. The van der Waals surface area contributed by atoms with Gasteiger partial charge in [-0.2, -0.15) is 0 Å². The highest BCUT2D eigenvalue weighted by molar-refractivity contribution is 6.33. The van der Waals surface area contributed by atoms with Crippen LogP contribution in [0, 0.1) is 0 Å². The molecule has 1 fully saturated rings. The van der Waals surface area contributed by atoms with Gasteiger partial charge < -0.3 is 23.7 Å². The standard InChI is InChI=1S/C39H37ClN4O5/c40-36-33-37(42-27-41-36)44(28-43-33)38-34(47-23-31-17-9-3-10-18-31)35(48-24-32-19-11-4-12-20-32)39(49-38,25-45-21-29-13-5-1-6-14-29)26-46-22-30-15-7-2-8-16-30/h1-20,27-28,34-35,38H,21-26H2/t34-,35-,38+/m0/s1. The molecule has 10 heteroatoms. The van der Waals surface area contributed by atoms with Crippen LogP contribution in [-0.4, -0.2) is 50.5 Å². The summed E-state index contributed by atoms with van der Waals surface area (Å²) in [6, 6.07) is 40.2. The van der Waals surface area contributed by atoms with Crippen molar-refractivity contribution < 1.29 is 23.7 Å². The third-order valence-electron chi connectivity index (χ3n) is 8.52. The van der Waals surface area contributed by atoms with Crippen molar-refractivity contribution in [3.05, 3.63) is 161 Å². The number of imidazole rings is 1. The van der Waals surface area contributed by atoms with Crippen molar-refractivity contribution >= 4 is 22.8 Å². The van der Waals surface area contributed by atoms with Crippen molar-refractivity contribution in [2.24, 2.45) is 0 Å². The minimum Gasteiger partial charge on any atom is -0.374 e. The molecule has 0 aliphatic carbocycles. The van der Waals surface area contributed by atoms with Gasteiger partial charge in [0.2, 0.25) is 0 Å². The lowest BCUT2D eigenvalue weighted by molar-refractivity contribution is -0.185. The maximum atomic E-state index is 7.14. The lowest BCUT2D eigenvalue weighted by Gasteiger charge is -2.35. The molecule has 7 rings (SSSR count). The Kier molecular flexibility index (Phi) is 10.7. The van der Waals surface area contributed by atoms with Crippen LogP contribution < -0.4 is 0 Å². The molecular formula is C39H37ClN4O5. The Morgan fingerprint density at radius 3 is 1.63 bits per heavy atom. The Morgan fingerprint density at radius 2 is 1.10 bits per heavy atom. The minimum absolute atomic E-state index is 0.167. The van der Waals surface area contributed by atoms with Crippen molar-refractivity contribution in [2.45, 2.75) is 50.5 Å². The molecule has 49 heavy (non-hydrogen) atoms. The van der Waals surface area contributed by atoms with E-state index in [-0.39, 0.29) is 18.4 Å². The second kappa shape index (κ2) is 15.8. The van der Waals surface area contributed by atoms with Gasteiger partial charge in [-0.25, -0.2) is 15.0 Å². The molecule has 0 unspecified atom stereocenters. The van der Waals surface area contributed by atoms with E-state index in [0.29, 0.717) is 37.6 Å². The number of benzene rings is 4. The number of hydrogen-bond acceptors (Lipinski definition) is 8. The Balaban J connectivity index is 1.27. The fraction of sp³-hybridized carbons (Fsp3) is 0.256. The lowest BCUT2D eigenvalue weighted by atomic mass is 9.96. The van der Waals surface area contributed by atoms with Crippen LogP contribution in [-0.2, 0) is 50.1 Å². The van der Waals surface area contributed by atoms with Crippen LogP contribution in [0.15, 0.2) is 134 Å². The molecule has 3 atom stereocenters. The molecule has 0 saturated carbocycles. The van der Waals surface area contributed by atoms with Gasteiger partial charge in [-0.3, -0.25) is 4.57 Å². The van der Waals surface area contributed by atoms with Gasteiger partial charge in [0.1, 0.15) is 29.7 Å². The zero-order valence-corrected chi connectivity index (χ0v) is 27.6. The second-order valence-electron chi connectivity index (χ2n) is 12.0. The van der Waals surface area contributed by atoms with Gasteiger partial charge in [0.05, 0.1) is 46.0 Å². The largest absolute Gasteiger partial charge is 0.374 e. The van der Waals surface area contributed by atoms with E-state index >= 15 is 0 Å². The number of aromatic nitrogens is 4. The van der Waals surface area contributed by atoms with E-state index in [0.717, 1.165) is 22.3 Å². The summed E-state index contributed by atoms with van der Waals surface area (Å²) in [5, 5.41) is 0.254. The average Bonchev–Trinajstić information content (AvgIpc) is 3.71. The van der Waals surface area contributed by atoms with Crippen molar-refractivity contribution in [3.63, 3.8) is 0 Å². The van der Waals surface area contributed by atoms with Crippen LogP contribution in [0.25, 0.3) is 11.2 Å². The molecule has 3 heterocycles. The number of halogens is 1. The van der Waals surface area contributed by atoms with Gasteiger partial charge in [0, 0.05) is 0 Å². The predicted octanol–water partition coefficient (Wildman–Crippen LogP) is 7.35. The summed E-state index contributed by atoms with van der Waals surface area (Å²) in [4.78, 5) is 13.2. The SMILES string of the molecule is Clc1ncnc2c1ncn2[C@@H]1OC(COCc2ccccc2)(COCc2ccccc2)[C@@H](OCc2ccccc2)[C@@H]1OCc1ccccc1. The first kappa shape index (κ1) is 33.0. The van der Waals surface area contributed by atoms with Gasteiger partial charge in [0.25, 0.3) is 0 Å². The third-order valence-corrected chi connectivity index (χ3v) is 8.79. The summed E-state index contributed by atoms with van der Waals surface area (Å²) in [5.74, 6) is 0. The molecular weight excluding hydrogens is 640 g/mol. The predicted molar refractivity (Wildman–Crippen MR) is 185 cm³/mol. The fourth-order valence-corrected chi connectivity index (χ4v) is 6.27. The molecule has 9 nitrogen and oxygen atoms in total. The average molecular weight is 677 g/mol. The quantitative estimate of drug-likeness (QED) is 0.104. The number of hydrogen-bond donors (Lipinski definition) is 0. The Labute approximate surface area is 290 Å². The van der Waals surface area contributed by atoms with E-state index in [9.17, 15) is 0 Å². The first-order chi connectivity index (χ1) is 24.2. The lowest BCUT2D eigenvalue weighted by Crippen LogP contribution is -2.52. The molecule has 1 saturated heterocycles. The van der Waals surface area contributed by atoms with Crippen LogP contribution >= 0.6 is 11.6 Å². The second-order valence-corrected chi connectivity index (χ2v) is 12.4. The van der Waals surface area contributed by atoms with E-state index in [2.05, 4.69) is 15.0 Å². The fourth-order valence-electron chi connectivity index (χ4n) is 6.10. The van der Waals surface area contributed by atoms with Crippen molar-refractivity contribution in [1.82, 2.24) is 19.5 Å². The molecule has 1 aliphatic rings. The summed E-state index contributed by atoms with van der Waals surface area (Å²) in [6.07, 6.45) is 1.09. The zero-order valence-electron chi connectivity index (χ0n) is 26.9. The van der Waals surface area contributed by atoms with Crippen molar-refractivity contribution in [2.75, 3.05) is 13.2 Å². The zero-order chi connectivity index (χ0) is 33.3. The highest BCUT2D eigenvalue weighted by Crippen LogP contribution is 2.43. The summed E-state index contributed by atoms with van der Waals surface area (Å²) in [6.45, 7) is 1.75. The summed E-state index contributed by atoms with van der Waals surface area (Å²) in [7, 11) is 0. The van der Waals surface area contributed by atoms with E-state index in [1.807, 2.05) is 126 Å². The minimum atomic E-state index is -1.10. The molecule has 2 aromatic heterocycles. The first-order valence-electron chi connectivity index (χ1n) is 16.2. The Hall–Kier alpha value is -4.48. The summed E-state index contributed by atoms with van der Waals surface area (Å²) >= 11 is 6.45. The van der Waals surface area contributed by atoms with Gasteiger partial charge >= 0.3 is 0 Å².